The van der Waals surface area contributed by atoms with Gasteiger partial charge in [0.2, 0.25) is 0 Å². The highest BCUT2D eigenvalue weighted by atomic mass is 16.3. The van der Waals surface area contributed by atoms with Crippen LogP contribution in [0.15, 0.2) is 83.9 Å². The van der Waals surface area contributed by atoms with Gasteiger partial charge in [0.15, 0.2) is 5.88 Å². The number of aromatic hydroxyl groups is 1. The highest BCUT2D eigenvalue weighted by Gasteiger charge is 2.18. The van der Waals surface area contributed by atoms with Crippen LogP contribution < -0.4 is 5.32 Å². The third-order valence-corrected chi connectivity index (χ3v) is 4.35. The number of H-pyrrole nitrogens is 1. The molecule has 26 heavy (non-hydrogen) atoms. The van der Waals surface area contributed by atoms with Crippen LogP contribution in [0.5, 0.6) is 5.88 Å². The second-order valence-electron chi connectivity index (χ2n) is 6.02. The number of hydrogen-bond donors (Lipinski definition) is 3. The van der Waals surface area contributed by atoms with Gasteiger partial charge in [0.05, 0.1) is 17.0 Å². The standard InChI is InChI=1S/C22H19N3O/c1-23-16-10-7-11-17(14-16)24-21(15-8-3-2-4-9-15)20-18-12-5-6-13-19(18)25-22(20)26/h2-14,23,25-26H,1H3. The third-order valence-electron chi connectivity index (χ3n) is 4.35. The van der Waals surface area contributed by atoms with Crippen molar-refractivity contribution in [2.24, 2.45) is 4.99 Å². The minimum Gasteiger partial charge on any atom is -0.494 e. The number of para-hydroxylation sites is 1. The summed E-state index contributed by atoms with van der Waals surface area (Å²) in [5.41, 5.74) is 5.08. The SMILES string of the molecule is CNc1cccc(N=C(c2ccccc2)c2c(O)[nH]c3ccccc23)c1. The van der Waals surface area contributed by atoms with Crippen molar-refractivity contribution in [3.63, 3.8) is 0 Å². The molecule has 0 fully saturated rings. The van der Waals surface area contributed by atoms with Gasteiger partial charge in [0.1, 0.15) is 0 Å². The second-order valence-corrected chi connectivity index (χ2v) is 6.02. The lowest BCUT2D eigenvalue weighted by atomic mass is 10.0. The number of nitrogens with one attached hydrogen (secondary N) is 2. The Hall–Kier alpha value is -3.53. The van der Waals surface area contributed by atoms with E-state index in [1.54, 1.807) is 0 Å². The number of nitrogens with zero attached hydrogens (tertiary/aromatic N) is 1. The lowest BCUT2D eigenvalue weighted by Crippen LogP contribution is -2.02. The highest BCUT2D eigenvalue weighted by Crippen LogP contribution is 2.31. The summed E-state index contributed by atoms with van der Waals surface area (Å²) in [5, 5.41) is 14.7. The third kappa shape index (κ3) is 2.93. The molecule has 0 saturated carbocycles. The van der Waals surface area contributed by atoms with Crippen molar-refractivity contribution in [3.05, 3.63) is 90.0 Å². The summed E-state index contributed by atoms with van der Waals surface area (Å²) in [7, 11) is 1.88. The summed E-state index contributed by atoms with van der Waals surface area (Å²) in [5.74, 6) is 0.124. The first kappa shape index (κ1) is 16.0. The Balaban J connectivity index is 1.97. The van der Waals surface area contributed by atoms with Crippen LogP contribution in [0.3, 0.4) is 0 Å². The van der Waals surface area contributed by atoms with Crippen molar-refractivity contribution in [1.82, 2.24) is 4.98 Å². The van der Waals surface area contributed by atoms with E-state index in [0.717, 1.165) is 33.6 Å². The molecular weight excluding hydrogens is 322 g/mol. The highest BCUT2D eigenvalue weighted by molar-refractivity contribution is 6.21. The molecule has 128 valence electrons. The molecule has 0 aliphatic rings. The molecule has 0 saturated heterocycles. The molecule has 4 nitrogen and oxygen atoms in total. The first-order valence-corrected chi connectivity index (χ1v) is 8.48. The van der Waals surface area contributed by atoms with Gasteiger partial charge >= 0.3 is 0 Å². The average molecular weight is 341 g/mol. The molecule has 4 heteroatoms. The maximum atomic E-state index is 10.6. The minimum absolute atomic E-state index is 0.124. The van der Waals surface area contributed by atoms with Crippen molar-refractivity contribution < 1.29 is 5.11 Å². The second kappa shape index (κ2) is 6.76. The van der Waals surface area contributed by atoms with Gasteiger partial charge in [0, 0.05) is 29.2 Å². The Kier molecular flexibility index (Phi) is 4.15. The Morgan fingerprint density at radius 1 is 0.923 bits per heavy atom. The zero-order valence-electron chi connectivity index (χ0n) is 14.4. The maximum Gasteiger partial charge on any atom is 0.199 e. The number of anilines is 1. The molecule has 0 spiro atoms. The van der Waals surface area contributed by atoms with Gasteiger partial charge in [-0.15, -0.1) is 0 Å². The molecule has 3 aromatic carbocycles. The van der Waals surface area contributed by atoms with E-state index in [4.69, 9.17) is 4.99 Å². The molecule has 0 radical (unpaired) electrons. The molecular formula is C22H19N3O. The molecule has 4 aromatic rings. The van der Waals surface area contributed by atoms with Crippen LogP contribution >= 0.6 is 0 Å². The fraction of sp³-hybridized carbons (Fsp3) is 0.0455. The Bertz CT molecular complexity index is 1080. The Labute approximate surface area is 151 Å². The topological polar surface area (TPSA) is 60.4 Å². The van der Waals surface area contributed by atoms with Crippen LogP contribution in [0.2, 0.25) is 0 Å². The van der Waals surface area contributed by atoms with Crippen molar-refractivity contribution in [2.45, 2.75) is 0 Å². The maximum absolute atomic E-state index is 10.6. The lowest BCUT2D eigenvalue weighted by Gasteiger charge is -2.08. The van der Waals surface area contributed by atoms with Gasteiger partial charge in [-0.3, -0.25) is 0 Å². The van der Waals surface area contributed by atoms with E-state index < -0.39 is 0 Å². The van der Waals surface area contributed by atoms with E-state index in [1.165, 1.54) is 0 Å². The molecule has 1 heterocycles. The van der Waals surface area contributed by atoms with E-state index in [1.807, 2.05) is 85.9 Å². The molecule has 0 bridgehead atoms. The van der Waals surface area contributed by atoms with Gasteiger partial charge in [-0.1, -0.05) is 54.6 Å². The Morgan fingerprint density at radius 2 is 1.69 bits per heavy atom. The normalized spacial score (nSPS) is 11.7. The number of aromatic amines is 1. The van der Waals surface area contributed by atoms with Gasteiger partial charge in [-0.25, -0.2) is 4.99 Å². The number of aromatic nitrogens is 1. The van der Waals surface area contributed by atoms with Gasteiger partial charge in [-0.2, -0.15) is 0 Å². The van der Waals surface area contributed by atoms with Crippen LogP contribution in [0.4, 0.5) is 11.4 Å². The van der Waals surface area contributed by atoms with E-state index >= 15 is 0 Å². The van der Waals surface area contributed by atoms with Gasteiger partial charge in [0.25, 0.3) is 0 Å². The van der Waals surface area contributed by atoms with Crippen LogP contribution in [-0.2, 0) is 0 Å². The average Bonchev–Trinajstić information content (AvgIpc) is 3.02. The van der Waals surface area contributed by atoms with Gasteiger partial charge < -0.3 is 15.4 Å². The molecule has 0 atom stereocenters. The van der Waals surface area contributed by atoms with E-state index in [2.05, 4.69) is 10.3 Å². The number of aliphatic imine (C=N–C) groups is 1. The number of fused-ring (bicyclic) bond motifs is 1. The fourth-order valence-corrected chi connectivity index (χ4v) is 3.09. The van der Waals surface area contributed by atoms with Crippen molar-refractivity contribution in [1.29, 1.82) is 0 Å². The summed E-state index contributed by atoms with van der Waals surface area (Å²) in [4.78, 5) is 7.94. The summed E-state index contributed by atoms with van der Waals surface area (Å²) >= 11 is 0. The quantitative estimate of drug-likeness (QED) is 0.453. The summed E-state index contributed by atoms with van der Waals surface area (Å²) in [6, 6.07) is 25.6. The van der Waals surface area contributed by atoms with E-state index in [9.17, 15) is 5.11 Å². The lowest BCUT2D eigenvalue weighted by molar-refractivity contribution is 0.457. The van der Waals surface area contributed by atoms with Crippen LogP contribution in [-0.4, -0.2) is 22.8 Å². The van der Waals surface area contributed by atoms with Crippen LogP contribution in [0.25, 0.3) is 10.9 Å². The predicted molar refractivity (Wildman–Crippen MR) is 108 cm³/mol. The zero-order valence-corrected chi connectivity index (χ0v) is 14.4. The summed E-state index contributed by atoms with van der Waals surface area (Å²) in [6.07, 6.45) is 0. The number of hydrogen-bond acceptors (Lipinski definition) is 3. The number of rotatable bonds is 4. The smallest absolute Gasteiger partial charge is 0.199 e. The summed E-state index contributed by atoms with van der Waals surface area (Å²) < 4.78 is 0. The molecule has 0 unspecified atom stereocenters. The van der Waals surface area contributed by atoms with Gasteiger partial charge in [-0.05, 0) is 24.3 Å². The largest absolute Gasteiger partial charge is 0.494 e. The fourth-order valence-electron chi connectivity index (χ4n) is 3.09. The van der Waals surface area contributed by atoms with E-state index in [-0.39, 0.29) is 5.88 Å². The zero-order chi connectivity index (χ0) is 17.9. The molecule has 0 aliphatic carbocycles. The molecule has 1 aromatic heterocycles. The minimum atomic E-state index is 0.124. The molecule has 0 aliphatic heterocycles. The van der Waals surface area contributed by atoms with Crippen LogP contribution in [0.1, 0.15) is 11.1 Å². The van der Waals surface area contributed by atoms with Crippen molar-refractivity contribution in [3.8, 4) is 5.88 Å². The van der Waals surface area contributed by atoms with E-state index in [0.29, 0.717) is 5.56 Å². The first-order chi connectivity index (χ1) is 12.8. The number of benzene rings is 3. The first-order valence-electron chi connectivity index (χ1n) is 8.48. The van der Waals surface area contributed by atoms with Crippen molar-refractivity contribution in [2.75, 3.05) is 12.4 Å². The molecule has 4 rings (SSSR count). The van der Waals surface area contributed by atoms with Crippen LogP contribution in [0, 0.1) is 0 Å². The Morgan fingerprint density at radius 3 is 2.50 bits per heavy atom. The molecule has 0 amide bonds. The van der Waals surface area contributed by atoms with Crippen molar-refractivity contribution >= 4 is 28.0 Å². The summed E-state index contributed by atoms with van der Waals surface area (Å²) in [6.45, 7) is 0. The monoisotopic (exact) mass is 341 g/mol. The predicted octanol–water partition coefficient (Wildman–Crippen LogP) is 5.08. The molecule has 3 N–H and O–H groups in total.